The smallest absolute Gasteiger partial charge is 0.430 e. The summed E-state index contributed by atoms with van der Waals surface area (Å²) in [5.74, 6) is -1.67. The molecule has 0 spiro atoms. The number of aromatic hydroxyl groups is 1. The van der Waals surface area contributed by atoms with E-state index in [0.29, 0.717) is 0 Å². The topological polar surface area (TPSA) is 121 Å². The third-order valence-electron chi connectivity index (χ3n) is 1.95. The van der Waals surface area contributed by atoms with E-state index in [9.17, 15) is 22.0 Å². The van der Waals surface area contributed by atoms with Crippen LogP contribution in [-0.4, -0.2) is 40.7 Å². The maximum absolute atomic E-state index is 12.9. The maximum atomic E-state index is 12.9. The molecular weight excluding hydrogens is 290 g/mol. The number of hydrogen-bond acceptors (Lipinski definition) is 6. The first-order chi connectivity index (χ1) is 8.55. The van der Waals surface area contributed by atoms with E-state index in [2.05, 4.69) is 4.74 Å². The molecule has 1 aromatic rings. The van der Waals surface area contributed by atoms with Gasteiger partial charge in [0.2, 0.25) is 0 Å². The Bertz CT molecular complexity index is 567. The minimum Gasteiger partial charge on any atom is -0.508 e. The van der Waals surface area contributed by atoms with Crippen molar-refractivity contribution >= 4 is 16.1 Å². The molecule has 0 amide bonds. The van der Waals surface area contributed by atoms with E-state index in [1.165, 1.54) is 0 Å². The molecular formula is C9H8F2O7S. The Hall–Kier alpha value is -1.78. The summed E-state index contributed by atoms with van der Waals surface area (Å²) >= 11 is 0. The molecule has 1 aromatic carbocycles. The predicted octanol–water partition coefficient (Wildman–Crippen LogP) is 0.348. The predicted molar refractivity (Wildman–Crippen MR) is 56.0 cm³/mol. The van der Waals surface area contributed by atoms with Crippen LogP contribution < -0.4 is 0 Å². The molecule has 0 saturated carbocycles. The van der Waals surface area contributed by atoms with Crippen molar-refractivity contribution < 1.29 is 41.5 Å². The van der Waals surface area contributed by atoms with Crippen LogP contribution >= 0.6 is 0 Å². The van der Waals surface area contributed by atoms with Crippen LogP contribution in [0.15, 0.2) is 24.3 Å². The first-order valence-electron chi connectivity index (χ1n) is 4.58. The van der Waals surface area contributed by atoms with Crippen molar-refractivity contribution in [2.24, 2.45) is 0 Å². The third kappa shape index (κ3) is 3.36. The number of aliphatic hydroxyl groups is 1. The molecule has 7 nitrogen and oxygen atoms in total. The number of carbonyl (C=O) groups is 1. The van der Waals surface area contributed by atoms with E-state index < -0.39 is 27.6 Å². The van der Waals surface area contributed by atoms with Crippen molar-refractivity contribution in [3.05, 3.63) is 29.8 Å². The Labute approximate surface area is 105 Å². The van der Waals surface area contributed by atoms with E-state index in [0.717, 1.165) is 24.3 Å². The van der Waals surface area contributed by atoms with Gasteiger partial charge in [0.15, 0.2) is 0 Å². The standard InChI is InChI=1S/C9H8F2O7S/c10-9(11,19(15,16)17)8(14)18-7(13)5-1-3-6(12)4-2-5/h1-4,8,12,14H,(H,15,16,17). The van der Waals surface area contributed by atoms with Crippen LogP contribution in [0.5, 0.6) is 5.75 Å². The molecule has 0 aliphatic carbocycles. The van der Waals surface area contributed by atoms with Gasteiger partial charge in [-0.3, -0.25) is 4.55 Å². The monoisotopic (exact) mass is 298 g/mol. The third-order valence-corrected chi connectivity index (χ3v) is 2.84. The van der Waals surface area contributed by atoms with Gasteiger partial charge in [-0.25, -0.2) is 4.79 Å². The van der Waals surface area contributed by atoms with Gasteiger partial charge in [0.1, 0.15) is 5.75 Å². The van der Waals surface area contributed by atoms with Gasteiger partial charge >= 0.3 is 21.3 Å². The summed E-state index contributed by atoms with van der Waals surface area (Å²) in [5.41, 5.74) is -0.317. The van der Waals surface area contributed by atoms with Crippen LogP contribution in [0.25, 0.3) is 0 Å². The highest BCUT2D eigenvalue weighted by molar-refractivity contribution is 7.86. The van der Waals surface area contributed by atoms with Gasteiger partial charge in [-0.15, -0.1) is 0 Å². The summed E-state index contributed by atoms with van der Waals surface area (Å²) in [6.07, 6.45) is -3.37. The van der Waals surface area contributed by atoms with Crippen molar-refractivity contribution in [1.29, 1.82) is 0 Å². The van der Waals surface area contributed by atoms with Crippen molar-refractivity contribution in [2.45, 2.75) is 11.5 Å². The molecule has 0 aromatic heterocycles. The summed E-state index contributed by atoms with van der Waals surface area (Å²) in [6, 6.07) is 4.08. The summed E-state index contributed by atoms with van der Waals surface area (Å²) in [4.78, 5) is 11.3. The van der Waals surface area contributed by atoms with Gasteiger partial charge in [0.25, 0.3) is 6.29 Å². The highest BCUT2D eigenvalue weighted by Gasteiger charge is 2.54. The summed E-state index contributed by atoms with van der Waals surface area (Å²) in [7, 11) is -5.94. The lowest BCUT2D eigenvalue weighted by molar-refractivity contribution is -0.168. The molecule has 0 fully saturated rings. The van der Waals surface area contributed by atoms with Crippen LogP contribution in [0, 0.1) is 0 Å². The second-order valence-electron chi connectivity index (χ2n) is 3.34. The van der Waals surface area contributed by atoms with Gasteiger partial charge in [0, 0.05) is 0 Å². The lowest BCUT2D eigenvalue weighted by Gasteiger charge is -2.19. The number of phenolic OH excluding ortho intramolecular Hbond substituents is 1. The van der Waals surface area contributed by atoms with Crippen molar-refractivity contribution in [1.82, 2.24) is 0 Å². The molecule has 106 valence electrons. The normalized spacial score (nSPS) is 13.9. The fourth-order valence-corrected chi connectivity index (χ4v) is 1.27. The van der Waals surface area contributed by atoms with Crippen molar-refractivity contribution in [3.63, 3.8) is 0 Å². The van der Waals surface area contributed by atoms with E-state index in [-0.39, 0.29) is 11.3 Å². The Balaban J connectivity index is 2.86. The quantitative estimate of drug-likeness (QED) is 0.416. The number of halogens is 2. The molecule has 0 saturated heterocycles. The van der Waals surface area contributed by atoms with Gasteiger partial charge < -0.3 is 14.9 Å². The molecule has 19 heavy (non-hydrogen) atoms. The minimum atomic E-state index is -5.94. The van der Waals surface area contributed by atoms with Gasteiger partial charge in [-0.2, -0.15) is 17.2 Å². The van der Waals surface area contributed by atoms with Crippen LogP contribution in [0.3, 0.4) is 0 Å². The fraction of sp³-hybridized carbons (Fsp3) is 0.222. The van der Waals surface area contributed by atoms with Crippen LogP contribution in [0.2, 0.25) is 0 Å². The van der Waals surface area contributed by atoms with E-state index in [4.69, 9.17) is 14.8 Å². The molecule has 0 aliphatic heterocycles. The molecule has 0 radical (unpaired) electrons. The average Bonchev–Trinajstić information content (AvgIpc) is 2.28. The highest BCUT2D eigenvalue weighted by atomic mass is 32.2. The first kappa shape index (κ1) is 15.3. The van der Waals surface area contributed by atoms with Gasteiger partial charge in [-0.05, 0) is 24.3 Å². The lowest BCUT2D eigenvalue weighted by Crippen LogP contribution is -2.43. The Morgan fingerprint density at radius 2 is 1.74 bits per heavy atom. The van der Waals surface area contributed by atoms with Crippen LogP contribution in [-0.2, 0) is 14.9 Å². The van der Waals surface area contributed by atoms with E-state index >= 15 is 0 Å². The lowest BCUT2D eigenvalue weighted by atomic mass is 10.2. The number of esters is 1. The second-order valence-corrected chi connectivity index (χ2v) is 4.84. The summed E-state index contributed by atoms with van der Waals surface area (Å²) in [6.45, 7) is 0. The number of hydrogen-bond donors (Lipinski definition) is 3. The fourth-order valence-electron chi connectivity index (χ4n) is 0.963. The molecule has 0 bridgehead atoms. The molecule has 3 N–H and O–H groups in total. The molecule has 10 heteroatoms. The average molecular weight is 298 g/mol. The number of benzene rings is 1. The summed E-state index contributed by atoms with van der Waals surface area (Å²) < 4.78 is 58.3. The zero-order chi connectivity index (χ0) is 14.8. The molecule has 0 aliphatic rings. The summed E-state index contributed by atoms with van der Waals surface area (Å²) in [5, 5.41) is 12.7. The maximum Gasteiger partial charge on any atom is 0.430 e. The molecule has 1 unspecified atom stereocenters. The zero-order valence-corrected chi connectivity index (χ0v) is 9.84. The zero-order valence-electron chi connectivity index (χ0n) is 9.03. The van der Waals surface area contributed by atoms with E-state index in [1.807, 2.05) is 0 Å². The number of ether oxygens (including phenoxy) is 1. The number of phenols is 1. The van der Waals surface area contributed by atoms with Crippen molar-refractivity contribution in [2.75, 3.05) is 0 Å². The Morgan fingerprint density at radius 3 is 2.16 bits per heavy atom. The SMILES string of the molecule is O=C(OC(O)C(F)(F)S(=O)(=O)O)c1ccc(O)cc1. The number of alkyl halides is 2. The van der Waals surface area contributed by atoms with Gasteiger partial charge in [0.05, 0.1) is 5.56 Å². The van der Waals surface area contributed by atoms with Crippen LogP contribution in [0.4, 0.5) is 8.78 Å². The largest absolute Gasteiger partial charge is 0.508 e. The Morgan fingerprint density at radius 1 is 1.26 bits per heavy atom. The molecule has 0 heterocycles. The first-order valence-corrected chi connectivity index (χ1v) is 6.02. The van der Waals surface area contributed by atoms with Crippen LogP contribution in [0.1, 0.15) is 10.4 Å². The number of carbonyl (C=O) groups excluding carboxylic acids is 1. The van der Waals surface area contributed by atoms with E-state index in [1.54, 1.807) is 0 Å². The molecule has 1 atom stereocenters. The molecule has 1 rings (SSSR count). The van der Waals surface area contributed by atoms with Crippen molar-refractivity contribution in [3.8, 4) is 5.75 Å². The van der Waals surface area contributed by atoms with Gasteiger partial charge in [-0.1, -0.05) is 0 Å². The number of aliphatic hydroxyl groups excluding tert-OH is 1. The Kier molecular flexibility index (Phi) is 4.08. The highest BCUT2D eigenvalue weighted by Crippen LogP contribution is 2.26. The number of rotatable bonds is 4. The second kappa shape index (κ2) is 5.07. The minimum absolute atomic E-state index is 0.208.